The van der Waals surface area contributed by atoms with Gasteiger partial charge in [0.05, 0.1) is 26.2 Å². The molecule has 0 saturated carbocycles. The number of aliphatic imine (C=N–C) groups is 1. The van der Waals surface area contributed by atoms with Crippen molar-refractivity contribution >= 4 is 61.0 Å². The Bertz CT molecular complexity index is 1450. The Kier molecular flexibility index (Phi) is 6.89. The molecule has 14 heteroatoms. The number of piperazine rings is 1. The first kappa shape index (κ1) is 26.6. The van der Waals surface area contributed by atoms with Crippen LogP contribution < -0.4 is 0 Å². The fraction of sp³-hybridized carbons (Fsp3) is 0.560. The van der Waals surface area contributed by atoms with Gasteiger partial charge in [-0.1, -0.05) is 17.7 Å². The summed E-state index contributed by atoms with van der Waals surface area (Å²) in [6, 6.07) is 7.32. The minimum absolute atomic E-state index is 0.0195. The van der Waals surface area contributed by atoms with Crippen LogP contribution in [0.4, 0.5) is 4.79 Å². The Morgan fingerprint density at radius 2 is 1.79 bits per heavy atom. The zero-order valence-electron chi connectivity index (χ0n) is 21.7. The zero-order chi connectivity index (χ0) is 27.4. The Morgan fingerprint density at radius 1 is 1.03 bits per heavy atom. The van der Waals surface area contributed by atoms with Crippen LogP contribution in [0, 0.1) is 0 Å². The number of nitrogens with zero attached hydrogens (tertiary/aromatic N) is 6. The molecular weight excluding hydrogens is 564 g/mol. The number of thiophene rings is 1. The summed E-state index contributed by atoms with van der Waals surface area (Å²) in [5.41, 5.74) is -1.08. The molecule has 1 unspecified atom stereocenters. The highest BCUT2D eigenvalue weighted by Gasteiger charge is 2.58. The standard InChI is InChI=1S/C25H31ClN6O5S2/c1-28-16-25-17-30(39(35,36)22-13-18-5-6-19(26)14-20(18)38-22)15-21(33)31(25)10-3-2-8-29(23-27-7-12-37-23)9-4-11-32(25)24(28)34/h5-6,13-14H,2-4,7-12,15-17H2,1H3. The van der Waals surface area contributed by atoms with Gasteiger partial charge < -0.3 is 19.4 Å². The molecule has 6 rings (SSSR count). The monoisotopic (exact) mass is 594 g/mol. The first-order valence-electron chi connectivity index (χ1n) is 13.1. The van der Waals surface area contributed by atoms with Crippen LogP contribution in [-0.2, 0) is 19.6 Å². The number of likely N-dealkylation sites (N-methyl/N-ethyl adjacent to an activating group) is 1. The molecule has 0 bridgehead atoms. The molecule has 1 atom stereocenters. The van der Waals surface area contributed by atoms with Gasteiger partial charge in [-0.2, -0.15) is 4.31 Å². The van der Waals surface area contributed by atoms with E-state index in [1.165, 1.54) is 4.31 Å². The summed E-state index contributed by atoms with van der Waals surface area (Å²) in [4.78, 5) is 38.8. The Labute approximate surface area is 236 Å². The SMILES string of the molecule is CN1CC23CN(S(=O)(=O)c4cc5ccc(Cl)cc5s4)CC(=O)N2CCCCN(C2=NCCO2)CCCN3C1=O. The summed E-state index contributed by atoms with van der Waals surface area (Å²) in [5, 5.41) is 1.31. The van der Waals surface area contributed by atoms with Gasteiger partial charge in [0.1, 0.15) is 10.8 Å². The molecule has 4 aliphatic rings. The van der Waals surface area contributed by atoms with Crippen molar-refractivity contribution in [3.63, 3.8) is 0 Å². The molecule has 3 amide bonds. The largest absolute Gasteiger partial charge is 0.463 e. The Hall–Kier alpha value is -2.61. The van der Waals surface area contributed by atoms with Gasteiger partial charge in [-0.15, -0.1) is 11.3 Å². The molecule has 39 heavy (non-hydrogen) atoms. The first-order chi connectivity index (χ1) is 18.7. The van der Waals surface area contributed by atoms with Crippen molar-refractivity contribution in [2.75, 3.05) is 66.0 Å². The van der Waals surface area contributed by atoms with Gasteiger partial charge in [-0.25, -0.2) is 18.2 Å². The van der Waals surface area contributed by atoms with E-state index in [1.54, 1.807) is 46.0 Å². The molecule has 210 valence electrons. The van der Waals surface area contributed by atoms with Crippen LogP contribution in [0.15, 0.2) is 33.5 Å². The number of hydrogen-bond acceptors (Lipinski definition) is 8. The molecule has 1 aromatic heterocycles. The second-order valence-electron chi connectivity index (χ2n) is 10.4. The molecule has 3 saturated heterocycles. The van der Waals surface area contributed by atoms with Gasteiger partial charge in [-0.05, 0) is 42.8 Å². The third-order valence-electron chi connectivity index (χ3n) is 7.86. The number of carbonyl (C=O) groups is 2. The lowest BCUT2D eigenvalue weighted by atomic mass is 10.0. The number of ether oxygens (including phenoxy) is 1. The van der Waals surface area contributed by atoms with Crippen molar-refractivity contribution < 1.29 is 22.7 Å². The second-order valence-corrected chi connectivity index (χ2v) is 14.1. The molecule has 3 fully saturated rings. The maximum atomic E-state index is 13.9. The smallest absolute Gasteiger partial charge is 0.321 e. The fourth-order valence-corrected chi connectivity index (χ4v) is 9.29. The molecule has 2 aromatic rings. The van der Waals surface area contributed by atoms with E-state index in [1.807, 2.05) is 0 Å². The first-order valence-corrected chi connectivity index (χ1v) is 15.8. The lowest BCUT2D eigenvalue weighted by Gasteiger charge is -2.51. The number of amidine groups is 1. The number of fused-ring (bicyclic) bond motifs is 1. The number of halogens is 1. The highest BCUT2D eigenvalue weighted by Crippen LogP contribution is 2.38. The van der Waals surface area contributed by atoms with E-state index >= 15 is 0 Å². The second kappa shape index (κ2) is 10.1. The summed E-state index contributed by atoms with van der Waals surface area (Å²) in [7, 11) is -2.30. The number of amides is 3. The number of rotatable bonds is 2. The van der Waals surface area contributed by atoms with Crippen LogP contribution in [0.1, 0.15) is 19.3 Å². The number of urea groups is 1. The van der Waals surface area contributed by atoms with E-state index in [0.29, 0.717) is 56.7 Å². The van der Waals surface area contributed by atoms with Crippen molar-refractivity contribution in [3.8, 4) is 0 Å². The molecule has 5 heterocycles. The van der Waals surface area contributed by atoms with Gasteiger partial charge in [0, 0.05) is 42.9 Å². The molecule has 4 aliphatic heterocycles. The van der Waals surface area contributed by atoms with Gasteiger partial charge >= 0.3 is 6.03 Å². The van der Waals surface area contributed by atoms with Crippen LogP contribution in [0.5, 0.6) is 0 Å². The van der Waals surface area contributed by atoms with Gasteiger partial charge in [0.2, 0.25) is 5.91 Å². The number of benzene rings is 1. The Morgan fingerprint density at radius 3 is 2.59 bits per heavy atom. The minimum Gasteiger partial charge on any atom is -0.463 e. The van der Waals surface area contributed by atoms with Crippen molar-refractivity contribution in [1.82, 2.24) is 23.9 Å². The van der Waals surface area contributed by atoms with Crippen LogP contribution in [0.25, 0.3) is 10.1 Å². The van der Waals surface area contributed by atoms with E-state index in [0.717, 1.165) is 34.4 Å². The normalized spacial score (nSPS) is 25.4. The molecule has 0 radical (unpaired) electrons. The third kappa shape index (κ3) is 4.62. The highest BCUT2D eigenvalue weighted by atomic mass is 35.5. The summed E-state index contributed by atoms with van der Waals surface area (Å²) in [6.45, 7) is 3.44. The van der Waals surface area contributed by atoms with Gasteiger partial charge in [0.25, 0.3) is 16.0 Å². The number of sulfonamides is 1. The van der Waals surface area contributed by atoms with Crippen LogP contribution in [0.3, 0.4) is 0 Å². The molecule has 1 aromatic carbocycles. The predicted molar refractivity (Wildman–Crippen MR) is 148 cm³/mol. The fourth-order valence-electron chi connectivity index (χ4n) is 6.03. The number of carbonyl (C=O) groups excluding carboxylic acids is 2. The maximum Gasteiger partial charge on any atom is 0.321 e. The number of hydrogen-bond donors (Lipinski definition) is 0. The Balaban J connectivity index is 1.33. The third-order valence-corrected chi connectivity index (χ3v) is 11.4. The zero-order valence-corrected chi connectivity index (χ0v) is 24.1. The average molecular weight is 595 g/mol. The van der Waals surface area contributed by atoms with E-state index in [2.05, 4.69) is 9.89 Å². The van der Waals surface area contributed by atoms with Crippen LogP contribution in [0.2, 0.25) is 5.02 Å². The lowest BCUT2D eigenvalue weighted by Crippen LogP contribution is -2.72. The van der Waals surface area contributed by atoms with E-state index in [4.69, 9.17) is 16.3 Å². The molecule has 0 N–H and O–H groups in total. The summed E-state index contributed by atoms with van der Waals surface area (Å²) < 4.78 is 35.7. The summed E-state index contributed by atoms with van der Waals surface area (Å²) in [6.07, 6.45) is 2.17. The molecular formula is C25H31ClN6O5S2. The van der Waals surface area contributed by atoms with E-state index in [9.17, 15) is 18.0 Å². The van der Waals surface area contributed by atoms with Crippen molar-refractivity contribution in [1.29, 1.82) is 0 Å². The molecule has 11 nitrogen and oxygen atoms in total. The maximum absolute atomic E-state index is 13.9. The summed E-state index contributed by atoms with van der Waals surface area (Å²) in [5.74, 6) is -0.290. The van der Waals surface area contributed by atoms with Gasteiger partial charge in [0.15, 0.2) is 5.66 Å². The average Bonchev–Trinajstić information content (AvgIpc) is 3.62. The molecule has 1 spiro atoms. The van der Waals surface area contributed by atoms with Crippen molar-refractivity contribution in [2.24, 2.45) is 4.99 Å². The summed E-state index contributed by atoms with van der Waals surface area (Å²) >= 11 is 7.26. The highest BCUT2D eigenvalue weighted by molar-refractivity contribution is 7.91. The van der Waals surface area contributed by atoms with E-state index < -0.39 is 15.7 Å². The van der Waals surface area contributed by atoms with Crippen LogP contribution in [-0.4, -0.2) is 122 Å². The van der Waals surface area contributed by atoms with Crippen LogP contribution >= 0.6 is 22.9 Å². The predicted octanol–water partition coefficient (Wildman–Crippen LogP) is 2.32. The van der Waals surface area contributed by atoms with Crippen molar-refractivity contribution in [3.05, 3.63) is 29.3 Å². The van der Waals surface area contributed by atoms with Crippen molar-refractivity contribution in [2.45, 2.75) is 29.1 Å². The lowest BCUT2D eigenvalue weighted by molar-refractivity contribution is -0.151. The van der Waals surface area contributed by atoms with E-state index in [-0.39, 0.29) is 35.8 Å². The quantitative estimate of drug-likeness (QED) is 0.528. The minimum atomic E-state index is -4.00. The van der Waals surface area contributed by atoms with Gasteiger partial charge in [-0.3, -0.25) is 9.69 Å². The molecule has 0 aliphatic carbocycles. The topological polar surface area (TPSA) is 106 Å².